The highest BCUT2D eigenvalue weighted by molar-refractivity contribution is 5.72. The van der Waals surface area contributed by atoms with Crippen LogP contribution in [-0.2, 0) is 12.6 Å². The van der Waals surface area contributed by atoms with Gasteiger partial charge in [0.1, 0.15) is 5.52 Å². The summed E-state index contributed by atoms with van der Waals surface area (Å²) in [5, 5.41) is 0. The summed E-state index contributed by atoms with van der Waals surface area (Å²) >= 11 is 0. The predicted molar refractivity (Wildman–Crippen MR) is 68.3 cm³/mol. The van der Waals surface area contributed by atoms with Gasteiger partial charge in [0.25, 0.3) is 0 Å². The third-order valence-corrected chi connectivity index (χ3v) is 2.97. The van der Waals surface area contributed by atoms with Gasteiger partial charge in [0.2, 0.25) is 0 Å². The van der Waals surface area contributed by atoms with Crippen molar-refractivity contribution in [1.29, 1.82) is 0 Å². The van der Waals surface area contributed by atoms with Gasteiger partial charge in [-0.2, -0.15) is 13.2 Å². The Morgan fingerprint density at radius 2 is 1.65 bits per heavy atom. The lowest BCUT2D eigenvalue weighted by Crippen LogP contribution is -2.04. The molecule has 0 N–H and O–H groups in total. The van der Waals surface area contributed by atoms with E-state index in [0.29, 0.717) is 17.9 Å². The Kier molecular flexibility index (Phi) is 2.97. The van der Waals surface area contributed by atoms with E-state index in [1.54, 1.807) is 6.07 Å². The van der Waals surface area contributed by atoms with Crippen LogP contribution in [0.2, 0.25) is 0 Å². The highest BCUT2D eigenvalue weighted by Crippen LogP contribution is 2.29. The van der Waals surface area contributed by atoms with E-state index in [0.717, 1.165) is 23.2 Å². The second kappa shape index (κ2) is 4.67. The summed E-state index contributed by atoms with van der Waals surface area (Å²) in [5.41, 5.74) is 1.49. The first kappa shape index (κ1) is 12.7. The van der Waals surface area contributed by atoms with Crippen molar-refractivity contribution in [3.63, 3.8) is 0 Å². The summed E-state index contributed by atoms with van der Waals surface area (Å²) in [7, 11) is 0. The van der Waals surface area contributed by atoms with Crippen molar-refractivity contribution in [3.8, 4) is 0 Å². The van der Waals surface area contributed by atoms with Gasteiger partial charge in [-0.3, -0.25) is 0 Å². The fourth-order valence-electron chi connectivity index (χ4n) is 1.98. The summed E-state index contributed by atoms with van der Waals surface area (Å²) in [6, 6.07) is 12.3. The summed E-state index contributed by atoms with van der Waals surface area (Å²) < 4.78 is 42.9. The largest absolute Gasteiger partial charge is 0.440 e. The maximum absolute atomic E-state index is 12.5. The van der Waals surface area contributed by atoms with Crippen molar-refractivity contribution in [3.05, 3.63) is 65.5 Å². The maximum Gasteiger partial charge on any atom is 0.416 e. The third-order valence-electron chi connectivity index (χ3n) is 2.97. The topological polar surface area (TPSA) is 26.0 Å². The van der Waals surface area contributed by atoms with Crippen LogP contribution in [0.15, 0.2) is 52.9 Å². The quantitative estimate of drug-likeness (QED) is 0.692. The molecule has 0 unspecified atom stereocenters. The molecule has 0 bridgehead atoms. The Balaban J connectivity index is 1.84. The van der Waals surface area contributed by atoms with Crippen molar-refractivity contribution in [1.82, 2.24) is 4.98 Å². The zero-order chi connectivity index (χ0) is 14.2. The van der Waals surface area contributed by atoms with Gasteiger partial charge in [0.05, 0.1) is 5.56 Å². The molecule has 2 aromatic carbocycles. The molecule has 2 nitrogen and oxygen atoms in total. The lowest BCUT2D eigenvalue weighted by Gasteiger charge is -2.06. The molecule has 0 aliphatic carbocycles. The first-order valence-electron chi connectivity index (χ1n) is 6.03. The molecule has 1 heterocycles. The summed E-state index contributed by atoms with van der Waals surface area (Å²) in [6.07, 6.45) is -3.94. The van der Waals surface area contributed by atoms with E-state index in [1.165, 1.54) is 12.1 Å². The number of hydrogen-bond donors (Lipinski definition) is 0. The normalized spacial score (nSPS) is 11.9. The van der Waals surface area contributed by atoms with E-state index in [1.807, 2.05) is 18.2 Å². The van der Waals surface area contributed by atoms with Crippen molar-refractivity contribution in [2.45, 2.75) is 12.6 Å². The Morgan fingerprint density at radius 1 is 0.950 bits per heavy atom. The number of benzene rings is 2. The van der Waals surface area contributed by atoms with Crippen LogP contribution in [0.3, 0.4) is 0 Å². The minimum atomic E-state index is -4.31. The van der Waals surface area contributed by atoms with Gasteiger partial charge >= 0.3 is 6.18 Å². The second-order valence-corrected chi connectivity index (χ2v) is 4.45. The summed E-state index contributed by atoms with van der Waals surface area (Å²) in [6.45, 7) is 0. The molecule has 0 aliphatic heterocycles. The van der Waals surface area contributed by atoms with Gasteiger partial charge in [-0.1, -0.05) is 24.3 Å². The molecule has 0 amide bonds. The molecule has 0 radical (unpaired) electrons. The van der Waals surface area contributed by atoms with Crippen molar-refractivity contribution >= 4 is 11.1 Å². The molecule has 3 rings (SSSR count). The van der Waals surface area contributed by atoms with Crippen LogP contribution >= 0.6 is 0 Å². The van der Waals surface area contributed by atoms with Crippen molar-refractivity contribution < 1.29 is 17.6 Å². The molecule has 0 saturated heterocycles. The third kappa shape index (κ3) is 2.52. The Hall–Kier alpha value is -2.30. The zero-order valence-electron chi connectivity index (χ0n) is 10.3. The summed E-state index contributed by atoms with van der Waals surface area (Å²) in [5.74, 6) is 0.492. The van der Waals surface area contributed by atoms with Crippen LogP contribution in [0.5, 0.6) is 0 Å². The summed E-state index contributed by atoms with van der Waals surface area (Å²) in [4.78, 5) is 4.29. The molecule has 0 atom stereocenters. The number of para-hydroxylation sites is 2. The van der Waals surface area contributed by atoms with Crippen LogP contribution < -0.4 is 0 Å². The molecular weight excluding hydrogens is 267 g/mol. The molecule has 5 heteroatoms. The minimum absolute atomic E-state index is 0.368. The SMILES string of the molecule is FC(F)(F)c1ccc(Cc2nc3ccccc3o2)cc1. The number of hydrogen-bond acceptors (Lipinski definition) is 2. The van der Waals surface area contributed by atoms with E-state index >= 15 is 0 Å². The van der Waals surface area contributed by atoms with Gasteiger partial charge in [0.15, 0.2) is 11.5 Å². The van der Waals surface area contributed by atoms with E-state index in [9.17, 15) is 13.2 Å². The maximum atomic E-state index is 12.5. The molecule has 20 heavy (non-hydrogen) atoms. The zero-order valence-corrected chi connectivity index (χ0v) is 10.3. The molecule has 0 spiro atoms. The highest BCUT2D eigenvalue weighted by Gasteiger charge is 2.29. The van der Waals surface area contributed by atoms with Crippen LogP contribution in [-0.4, -0.2) is 4.98 Å². The number of alkyl halides is 3. The molecule has 0 aliphatic rings. The number of rotatable bonds is 2. The van der Waals surface area contributed by atoms with Crippen LogP contribution in [0.4, 0.5) is 13.2 Å². The number of fused-ring (bicyclic) bond motifs is 1. The lowest BCUT2D eigenvalue weighted by atomic mass is 10.1. The Bertz CT molecular complexity index is 696. The fraction of sp³-hybridized carbons (Fsp3) is 0.133. The lowest BCUT2D eigenvalue weighted by molar-refractivity contribution is -0.137. The molecular formula is C15H10F3NO. The number of nitrogens with zero attached hydrogens (tertiary/aromatic N) is 1. The first-order valence-corrected chi connectivity index (χ1v) is 6.03. The smallest absolute Gasteiger partial charge is 0.416 e. The fourth-order valence-corrected chi connectivity index (χ4v) is 1.98. The number of oxazole rings is 1. The van der Waals surface area contributed by atoms with Crippen LogP contribution in [0.25, 0.3) is 11.1 Å². The second-order valence-electron chi connectivity index (χ2n) is 4.45. The molecule has 3 aromatic rings. The van der Waals surface area contributed by atoms with Gasteiger partial charge in [-0.05, 0) is 29.8 Å². The average molecular weight is 277 g/mol. The van der Waals surface area contributed by atoms with Gasteiger partial charge in [0, 0.05) is 6.42 Å². The van der Waals surface area contributed by atoms with Crippen molar-refractivity contribution in [2.24, 2.45) is 0 Å². The van der Waals surface area contributed by atoms with E-state index < -0.39 is 11.7 Å². The Morgan fingerprint density at radius 3 is 2.30 bits per heavy atom. The molecule has 1 aromatic heterocycles. The van der Waals surface area contributed by atoms with Crippen LogP contribution in [0, 0.1) is 0 Å². The van der Waals surface area contributed by atoms with E-state index in [-0.39, 0.29) is 0 Å². The first-order chi connectivity index (χ1) is 9.52. The molecule has 102 valence electrons. The molecule has 0 saturated carbocycles. The predicted octanol–water partition coefficient (Wildman–Crippen LogP) is 4.44. The minimum Gasteiger partial charge on any atom is -0.440 e. The monoisotopic (exact) mass is 277 g/mol. The van der Waals surface area contributed by atoms with Gasteiger partial charge in [-0.25, -0.2) is 4.98 Å². The van der Waals surface area contributed by atoms with Gasteiger partial charge < -0.3 is 4.42 Å². The Labute approximate surface area is 112 Å². The van der Waals surface area contributed by atoms with E-state index in [4.69, 9.17) is 4.42 Å². The van der Waals surface area contributed by atoms with Crippen LogP contribution in [0.1, 0.15) is 17.0 Å². The molecule has 0 fully saturated rings. The number of aromatic nitrogens is 1. The van der Waals surface area contributed by atoms with Crippen molar-refractivity contribution in [2.75, 3.05) is 0 Å². The standard InChI is InChI=1S/C15H10F3NO/c16-15(17,18)11-7-5-10(6-8-11)9-14-19-12-3-1-2-4-13(12)20-14/h1-8H,9H2. The van der Waals surface area contributed by atoms with Gasteiger partial charge in [-0.15, -0.1) is 0 Å². The average Bonchev–Trinajstić information content (AvgIpc) is 2.80. The number of halogens is 3. The van der Waals surface area contributed by atoms with E-state index in [2.05, 4.69) is 4.98 Å². The highest BCUT2D eigenvalue weighted by atomic mass is 19.4.